The molecule has 0 radical (unpaired) electrons. The molecule has 0 aliphatic rings. The highest BCUT2D eigenvalue weighted by molar-refractivity contribution is 7.99. The van der Waals surface area contributed by atoms with E-state index in [0.29, 0.717) is 46.1 Å². The molecule has 2 amide bonds. The maximum absolute atomic E-state index is 12.8. The predicted molar refractivity (Wildman–Crippen MR) is 133 cm³/mol. The van der Waals surface area contributed by atoms with Crippen LogP contribution in [-0.2, 0) is 11.3 Å². The summed E-state index contributed by atoms with van der Waals surface area (Å²) >= 11 is 1.29. The van der Waals surface area contributed by atoms with E-state index in [0.717, 1.165) is 0 Å². The second kappa shape index (κ2) is 10.8. The highest BCUT2D eigenvalue weighted by Gasteiger charge is 2.19. The molecule has 2 aromatic carbocycles. The number of hydrogen-bond acceptors (Lipinski definition) is 6. The molecule has 0 bridgehead atoms. The number of nitrogens with one attached hydrogen (secondary N) is 2. The minimum absolute atomic E-state index is 0.114. The summed E-state index contributed by atoms with van der Waals surface area (Å²) in [6.45, 7) is 4.89. The summed E-state index contributed by atoms with van der Waals surface area (Å²) in [5.41, 5.74) is 1.51. The van der Waals surface area contributed by atoms with E-state index in [9.17, 15) is 9.59 Å². The molecule has 0 spiro atoms. The number of carbonyl (C=O) groups is 2. The Kier molecular flexibility index (Phi) is 7.44. The SMILES string of the molecule is CC(C)Cn1c(SCC(=O)Nc2ccccc2C(=O)Nc2ccccc2)nnc1-c1ccco1. The Morgan fingerprint density at radius 2 is 1.74 bits per heavy atom. The van der Waals surface area contributed by atoms with Crippen LogP contribution in [0.25, 0.3) is 11.6 Å². The van der Waals surface area contributed by atoms with Gasteiger partial charge in [-0.1, -0.05) is 55.9 Å². The van der Waals surface area contributed by atoms with Crippen LogP contribution in [0, 0.1) is 5.92 Å². The van der Waals surface area contributed by atoms with Crippen LogP contribution in [0.4, 0.5) is 11.4 Å². The molecule has 8 nitrogen and oxygen atoms in total. The monoisotopic (exact) mass is 475 g/mol. The van der Waals surface area contributed by atoms with Gasteiger partial charge in [0.15, 0.2) is 16.7 Å². The van der Waals surface area contributed by atoms with Gasteiger partial charge in [0.05, 0.1) is 23.3 Å². The van der Waals surface area contributed by atoms with Crippen LogP contribution >= 0.6 is 11.8 Å². The second-order valence-corrected chi connectivity index (χ2v) is 8.93. The molecular formula is C25H25N5O3S. The first-order valence-corrected chi connectivity index (χ1v) is 11.8. The van der Waals surface area contributed by atoms with E-state index in [1.165, 1.54) is 11.8 Å². The van der Waals surface area contributed by atoms with E-state index >= 15 is 0 Å². The molecule has 4 aromatic rings. The number of benzene rings is 2. The molecule has 2 aromatic heterocycles. The molecular weight excluding hydrogens is 450 g/mol. The van der Waals surface area contributed by atoms with Crippen LogP contribution in [0.15, 0.2) is 82.6 Å². The normalized spacial score (nSPS) is 10.9. The number of carbonyl (C=O) groups excluding carboxylic acids is 2. The third-order valence-electron chi connectivity index (χ3n) is 4.82. The summed E-state index contributed by atoms with van der Waals surface area (Å²) in [5, 5.41) is 14.9. The number of anilines is 2. The van der Waals surface area contributed by atoms with Gasteiger partial charge in [0.2, 0.25) is 5.91 Å². The van der Waals surface area contributed by atoms with Gasteiger partial charge in [-0.3, -0.25) is 14.2 Å². The van der Waals surface area contributed by atoms with Gasteiger partial charge in [0.25, 0.3) is 5.91 Å². The highest BCUT2D eigenvalue weighted by Crippen LogP contribution is 2.26. The van der Waals surface area contributed by atoms with Gasteiger partial charge in [-0.25, -0.2) is 0 Å². The van der Waals surface area contributed by atoms with Gasteiger partial charge in [-0.15, -0.1) is 10.2 Å². The van der Waals surface area contributed by atoms with Crippen LogP contribution in [0.3, 0.4) is 0 Å². The molecule has 0 atom stereocenters. The first-order chi connectivity index (χ1) is 16.5. The standard InChI is InChI=1S/C25H25N5O3S/c1-17(2)15-30-23(21-13-8-14-33-21)28-29-25(30)34-16-22(31)27-20-12-7-6-11-19(20)24(32)26-18-9-4-3-5-10-18/h3-14,17H,15-16H2,1-2H3,(H,26,32)(H,27,31). The van der Waals surface area contributed by atoms with Gasteiger partial charge in [-0.2, -0.15) is 0 Å². The largest absolute Gasteiger partial charge is 0.461 e. The zero-order valence-electron chi connectivity index (χ0n) is 18.9. The van der Waals surface area contributed by atoms with Crippen LogP contribution in [0.1, 0.15) is 24.2 Å². The summed E-state index contributed by atoms with van der Waals surface area (Å²) in [5.74, 6) is 1.18. The molecule has 2 N–H and O–H groups in total. The highest BCUT2D eigenvalue weighted by atomic mass is 32.2. The summed E-state index contributed by atoms with van der Waals surface area (Å²) in [6.07, 6.45) is 1.59. The quantitative estimate of drug-likeness (QED) is 0.324. The second-order valence-electron chi connectivity index (χ2n) is 7.99. The number of aromatic nitrogens is 3. The lowest BCUT2D eigenvalue weighted by Gasteiger charge is -2.13. The number of thioether (sulfide) groups is 1. The number of para-hydroxylation sites is 2. The van der Waals surface area contributed by atoms with Crippen molar-refractivity contribution in [3.05, 3.63) is 78.6 Å². The fourth-order valence-electron chi connectivity index (χ4n) is 3.34. The average Bonchev–Trinajstić information content (AvgIpc) is 3.48. The minimum atomic E-state index is -0.297. The van der Waals surface area contributed by atoms with Crippen LogP contribution < -0.4 is 10.6 Å². The molecule has 9 heteroatoms. The van der Waals surface area contributed by atoms with Crippen LogP contribution in [0.5, 0.6) is 0 Å². The Morgan fingerprint density at radius 3 is 2.47 bits per heavy atom. The summed E-state index contributed by atoms with van der Waals surface area (Å²) in [6, 6.07) is 19.7. The van der Waals surface area contributed by atoms with E-state index in [2.05, 4.69) is 34.7 Å². The first-order valence-electron chi connectivity index (χ1n) is 10.9. The first kappa shape index (κ1) is 23.3. The topological polar surface area (TPSA) is 102 Å². The number of rotatable bonds is 9. The maximum atomic E-state index is 12.8. The van der Waals surface area contributed by atoms with Crippen molar-refractivity contribution in [1.82, 2.24) is 14.8 Å². The van der Waals surface area contributed by atoms with Crippen molar-refractivity contribution in [2.45, 2.75) is 25.5 Å². The smallest absolute Gasteiger partial charge is 0.257 e. The average molecular weight is 476 g/mol. The Bertz CT molecular complexity index is 1250. The lowest BCUT2D eigenvalue weighted by Crippen LogP contribution is -2.19. The third-order valence-corrected chi connectivity index (χ3v) is 5.78. The van der Waals surface area contributed by atoms with E-state index in [4.69, 9.17) is 4.42 Å². The van der Waals surface area contributed by atoms with Crippen molar-refractivity contribution in [3.8, 4) is 11.6 Å². The zero-order chi connectivity index (χ0) is 23.9. The van der Waals surface area contributed by atoms with Gasteiger partial charge < -0.3 is 15.1 Å². The van der Waals surface area contributed by atoms with E-state index in [1.54, 1.807) is 48.7 Å². The van der Waals surface area contributed by atoms with E-state index in [-0.39, 0.29) is 17.6 Å². The molecule has 0 unspecified atom stereocenters. The number of furan rings is 1. The summed E-state index contributed by atoms with van der Waals surface area (Å²) in [4.78, 5) is 25.5. The van der Waals surface area contributed by atoms with Crippen LogP contribution in [0.2, 0.25) is 0 Å². The lowest BCUT2D eigenvalue weighted by atomic mass is 10.1. The molecule has 0 aliphatic carbocycles. The van der Waals surface area contributed by atoms with E-state index in [1.807, 2.05) is 28.8 Å². The Morgan fingerprint density at radius 1 is 0.971 bits per heavy atom. The fourth-order valence-corrected chi connectivity index (χ4v) is 4.09. The number of hydrogen-bond donors (Lipinski definition) is 2. The van der Waals surface area contributed by atoms with Gasteiger partial charge in [0, 0.05) is 12.2 Å². The van der Waals surface area contributed by atoms with Crippen molar-refractivity contribution in [1.29, 1.82) is 0 Å². The summed E-state index contributed by atoms with van der Waals surface area (Å²) < 4.78 is 7.45. The van der Waals surface area contributed by atoms with Gasteiger partial charge >= 0.3 is 0 Å². The maximum Gasteiger partial charge on any atom is 0.257 e. The third kappa shape index (κ3) is 5.74. The van der Waals surface area contributed by atoms with E-state index < -0.39 is 0 Å². The van der Waals surface area contributed by atoms with Crippen molar-refractivity contribution in [2.75, 3.05) is 16.4 Å². The van der Waals surface area contributed by atoms with Crippen LogP contribution in [-0.4, -0.2) is 32.3 Å². The Balaban J connectivity index is 1.44. The molecule has 34 heavy (non-hydrogen) atoms. The van der Waals surface area contributed by atoms with Crippen molar-refractivity contribution in [2.24, 2.45) is 5.92 Å². The molecule has 0 fully saturated rings. The fraction of sp³-hybridized carbons (Fsp3) is 0.200. The Hall–Kier alpha value is -3.85. The van der Waals surface area contributed by atoms with Gasteiger partial charge in [-0.05, 0) is 42.3 Å². The predicted octanol–water partition coefficient (Wildman–Crippen LogP) is 5.18. The molecule has 2 heterocycles. The summed E-state index contributed by atoms with van der Waals surface area (Å²) in [7, 11) is 0. The zero-order valence-corrected chi connectivity index (χ0v) is 19.7. The molecule has 0 aliphatic heterocycles. The molecule has 4 rings (SSSR count). The Labute approximate surface area is 201 Å². The number of nitrogens with zero attached hydrogens (tertiary/aromatic N) is 3. The van der Waals surface area contributed by atoms with Crippen molar-refractivity contribution in [3.63, 3.8) is 0 Å². The van der Waals surface area contributed by atoms with Gasteiger partial charge in [0.1, 0.15) is 0 Å². The van der Waals surface area contributed by atoms with Crippen molar-refractivity contribution >= 4 is 35.0 Å². The molecule has 0 saturated heterocycles. The molecule has 0 saturated carbocycles. The number of amides is 2. The van der Waals surface area contributed by atoms with Crippen molar-refractivity contribution < 1.29 is 14.0 Å². The lowest BCUT2D eigenvalue weighted by molar-refractivity contribution is -0.113. The molecule has 174 valence electrons. The minimum Gasteiger partial charge on any atom is -0.461 e.